The quantitative estimate of drug-likeness (QED) is 0.358. The third-order valence-electron chi connectivity index (χ3n) is 6.09. The summed E-state index contributed by atoms with van der Waals surface area (Å²) in [5.41, 5.74) is 1.64. The molecule has 2 aromatic heterocycles. The van der Waals surface area contributed by atoms with E-state index in [1.807, 2.05) is 30.3 Å². The number of rotatable bonds is 4. The lowest BCUT2D eigenvalue weighted by molar-refractivity contribution is -0.122. The lowest BCUT2D eigenvalue weighted by Crippen LogP contribution is -2.30. The van der Waals surface area contributed by atoms with E-state index < -0.39 is 0 Å². The molecule has 3 aromatic rings. The normalized spacial score (nSPS) is 18.2. The first-order chi connectivity index (χ1) is 16.5. The van der Waals surface area contributed by atoms with E-state index in [2.05, 4.69) is 4.90 Å². The van der Waals surface area contributed by atoms with Gasteiger partial charge in [0.05, 0.1) is 17.0 Å². The average molecular weight is 511 g/mol. The summed E-state index contributed by atoms with van der Waals surface area (Å²) in [5.74, 6) is 0.406. The zero-order valence-electron chi connectivity index (χ0n) is 18.4. The number of anilines is 1. The van der Waals surface area contributed by atoms with Gasteiger partial charge in [0, 0.05) is 24.3 Å². The summed E-state index contributed by atoms with van der Waals surface area (Å²) in [6, 6.07) is 12.9. The highest BCUT2D eigenvalue weighted by Crippen LogP contribution is 2.35. The maximum atomic E-state index is 13.5. The van der Waals surface area contributed by atoms with E-state index in [-0.39, 0.29) is 18.0 Å². The molecule has 34 heavy (non-hydrogen) atoms. The first-order valence-corrected chi connectivity index (χ1v) is 12.9. The molecule has 4 heterocycles. The largest absolute Gasteiger partial charge is 0.356 e. The Balaban J connectivity index is 1.56. The number of hydrogen-bond acceptors (Lipinski definition) is 6. The molecule has 9 heteroatoms. The van der Waals surface area contributed by atoms with Crippen LogP contribution in [0.2, 0.25) is 5.02 Å². The minimum Gasteiger partial charge on any atom is -0.356 e. The second-order valence-corrected chi connectivity index (χ2v) is 10.4. The van der Waals surface area contributed by atoms with Crippen molar-refractivity contribution in [1.82, 2.24) is 14.3 Å². The Morgan fingerprint density at radius 1 is 1.03 bits per heavy atom. The summed E-state index contributed by atoms with van der Waals surface area (Å²) in [6.45, 7) is 1.96. The Hall–Kier alpha value is -2.68. The highest BCUT2D eigenvalue weighted by Gasteiger charge is 2.33. The van der Waals surface area contributed by atoms with Gasteiger partial charge in [-0.3, -0.25) is 18.9 Å². The first-order valence-electron chi connectivity index (χ1n) is 11.3. The Kier molecular flexibility index (Phi) is 6.72. The van der Waals surface area contributed by atoms with Crippen LogP contribution in [0.15, 0.2) is 58.4 Å². The van der Waals surface area contributed by atoms with Gasteiger partial charge >= 0.3 is 0 Å². The zero-order valence-corrected chi connectivity index (χ0v) is 20.8. The molecule has 0 bridgehead atoms. The van der Waals surface area contributed by atoms with Gasteiger partial charge in [-0.2, -0.15) is 0 Å². The number of thiocarbonyl (C=S) groups is 1. The molecule has 6 nitrogen and oxygen atoms in total. The van der Waals surface area contributed by atoms with Gasteiger partial charge in [-0.25, -0.2) is 4.98 Å². The minimum absolute atomic E-state index is 0.193. The lowest BCUT2D eigenvalue weighted by atomic mass is 10.2. The van der Waals surface area contributed by atoms with Crippen LogP contribution in [0.1, 0.15) is 36.8 Å². The van der Waals surface area contributed by atoms with Gasteiger partial charge in [0.15, 0.2) is 0 Å². The number of fused-ring (bicyclic) bond motifs is 1. The van der Waals surface area contributed by atoms with Crippen molar-refractivity contribution < 1.29 is 4.79 Å². The van der Waals surface area contributed by atoms with Crippen molar-refractivity contribution >= 4 is 63.3 Å². The number of pyridine rings is 1. The number of carbonyl (C=O) groups excluding carboxylic acids is 1. The van der Waals surface area contributed by atoms with Crippen molar-refractivity contribution in [3.05, 3.63) is 80.1 Å². The fourth-order valence-electron chi connectivity index (χ4n) is 4.31. The van der Waals surface area contributed by atoms with E-state index in [1.165, 1.54) is 33.9 Å². The molecule has 1 aromatic carbocycles. The summed E-state index contributed by atoms with van der Waals surface area (Å²) >= 11 is 13.0. The predicted octanol–water partition coefficient (Wildman–Crippen LogP) is 5.13. The topological polar surface area (TPSA) is 57.9 Å². The molecule has 0 spiro atoms. The lowest BCUT2D eigenvalue weighted by Gasteiger charge is -2.23. The molecule has 0 aliphatic carbocycles. The van der Waals surface area contributed by atoms with Crippen LogP contribution in [0.25, 0.3) is 11.7 Å². The maximum absolute atomic E-state index is 13.5. The van der Waals surface area contributed by atoms with Crippen molar-refractivity contribution in [1.29, 1.82) is 0 Å². The van der Waals surface area contributed by atoms with E-state index >= 15 is 0 Å². The van der Waals surface area contributed by atoms with Crippen LogP contribution in [0.5, 0.6) is 0 Å². The second-order valence-electron chi connectivity index (χ2n) is 8.34. The van der Waals surface area contributed by atoms with Gasteiger partial charge in [-0.15, -0.1) is 0 Å². The molecule has 2 fully saturated rings. The fraction of sp³-hybridized carbons (Fsp3) is 0.280. The van der Waals surface area contributed by atoms with Crippen molar-refractivity contribution in [2.75, 3.05) is 18.0 Å². The van der Waals surface area contributed by atoms with Crippen molar-refractivity contribution in [2.45, 2.75) is 32.2 Å². The molecular formula is C25H23ClN4O2S2. The molecule has 2 aliphatic rings. The van der Waals surface area contributed by atoms with E-state index in [1.54, 1.807) is 24.4 Å². The molecule has 2 aliphatic heterocycles. The van der Waals surface area contributed by atoms with E-state index in [9.17, 15) is 9.59 Å². The number of benzene rings is 1. The Morgan fingerprint density at radius 3 is 2.53 bits per heavy atom. The third kappa shape index (κ3) is 4.50. The predicted molar refractivity (Wildman–Crippen MR) is 142 cm³/mol. The van der Waals surface area contributed by atoms with Crippen molar-refractivity contribution in [3.8, 4) is 0 Å². The standard InChI is InChI=1S/C25H23ClN4O2S2/c26-19-10-4-3-9-17(19)16-30-24(32)20(34-25(30)33)15-18-22(28-12-6-1-2-7-13-28)27-21-11-5-8-14-29(21)23(18)31/h3-5,8-11,14-15H,1-2,6-7,12-13,16H2/b20-15+. The first kappa shape index (κ1) is 23.1. The molecule has 2 saturated heterocycles. The molecule has 0 unspecified atom stereocenters. The van der Waals surface area contributed by atoms with Crippen LogP contribution in [0.4, 0.5) is 5.82 Å². The van der Waals surface area contributed by atoms with Crippen LogP contribution in [0, 0.1) is 0 Å². The van der Waals surface area contributed by atoms with E-state index in [0.717, 1.165) is 31.5 Å². The highest BCUT2D eigenvalue weighted by atomic mass is 35.5. The van der Waals surface area contributed by atoms with Crippen LogP contribution in [-0.4, -0.2) is 37.6 Å². The average Bonchev–Trinajstić information content (AvgIpc) is 3.02. The molecule has 0 N–H and O–H groups in total. The van der Waals surface area contributed by atoms with Crippen LogP contribution in [0.3, 0.4) is 0 Å². The molecule has 5 rings (SSSR count). The number of halogens is 1. The zero-order chi connectivity index (χ0) is 23.7. The van der Waals surface area contributed by atoms with Crippen molar-refractivity contribution in [2.24, 2.45) is 0 Å². The summed E-state index contributed by atoms with van der Waals surface area (Å²) in [5, 5.41) is 0.584. The molecule has 1 amide bonds. The Morgan fingerprint density at radius 2 is 1.76 bits per heavy atom. The van der Waals surface area contributed by atoms with Gasteiger partial charge in [-0.1, -0.05) is 72.7 Å². The number of amides is 1. The minimum atomic E-state index is -0.228. The van der Waals surface area contributed by atoms with Crippen molar-refractivity contribution in [3.63, 3.8) is 0 Å². The molecule has 0 atom stereocenters. The number of carbonyl (C=O) groups is 1. The third-order valence-corrected chi connectivity index (χ3v) is 7.84. The van der Waals surface area contributed by atoms with Gasteiger partial charge < -0.3 is 4.90 Å². The van der Waals surface area contributed by atoms with E-state index in [0.29, 0.717) is 31.3 Å². The molecule has 0 radical (unpaired) electrons. The number of nitrogens with zero attached hydrogens (tertiary/aromatic N) is 4. The summed E-state index contributed by atoms with van der Waals surface area (Å²) in [4.78, 5) is 35.8. The fourth-order valence-corrected chi connectivity index (χ4v) is 5.74. The number of hydrogen-bond donors (Lipinski definition) is 0. The maximum Gasteiger partial charge on any atom is 0.267 e. The van der Waals surface area contributed by atoms with Crippen LogP contribution >= 0.6 is 35.6 Å². The van der Waals surface area contributed by atoms with E-state index in [4.69, 9.17) is 28.8 Å². The Labute approximate surface area is 212 Å². The van der Waals surface area contributed by atoms with Gasteiger partial charge in [0.1, 0.15) is 15.8 Å². The summed E-state index contributed by atoms with van der Waals surface area (Å²) in [6.07, 6.45) is 7.81. The smallest absolute Gasteiger partial charge is 0.267 e. The molecular weight excluding hydrogens is 488 g/mol. The SMILES string of the molecule is O=C1/C(=C\c2c(N3CCCCCC3)nc3ccccn3c2=O)SC(=S)N1Cc1ccccc1Cl. The number of thioether (sulfide) groups is 1. The molecule has 174 valence electrons. The van der Waals surface area contributed by atoms with Crippen LogP contribution < -0.4 is 10.5 Å². The Bertz CT molecular complexity index is 1360. The highest BCUT2D eigenvalue weighted by molar-refractivity contribution is 8.26. The van der Waals surface area contributed by atoms with Gasteiger partial charge in [-0.05, 0) is 42.7 Å². The summed E-state index contributed by atoms with van der Waals surface area (Å²) in [7, 11) is 0. The van der Waals surface area contributed by atoms with Crippen LogP contribution in [-0.2, 0) is 11.3 Å². The monoisotopic (exact) mass is 510 g/mol. The summed E-state index contributed by atoms with van der Waals surface area (Å²) < 4.78 is 1.97. The second kappa shape index (κ2) is 9.90. The van der Waals surface area contributed by atoms with Gasteiger partial charge in [0.25, 0.3) is 11.5 Å². The van der Waals surface area contributed by atoms with Gasteiger partial charge in [0.2, 0.25) is 0 Å². The molecule has 0 saturated carbocycles. The number of aromatic nitrogens is 2.